The molecule has 1 aliphatic rings. The molecule has 1 aliphatic carbocycles. The molecule has 2 rings (SSSR count). The van der Waals surface area contributed by atoms with Gasteiger partial charge in [-0.15, -0.1) is 11.3 Å². The molecule has 0 aromatic carbocycles. The van der Waals surface area contributed by atoms with Crippen molar-refractivity contribution in [3.05, 3.63) is 21.9 Å². The molecule has 3 nitrogen and oxygen atoms in total. The molecule has 0 amide bonds. The van der Waals surface area contributed by atoms with Crippen molar-refractivity contribution in [3.8, 4) is 0 Å². The van der Waals surface area contributed by atoms with E-state index in [1.165, 1.54) is 11.3 Å². The summed E-state index contributed by atoms with van der Waals surface area (Å²) in [6.07, 6.45) is 2.38. The van der Waals surface area contributed by atoms with Gasteiger partial charge in [-0.25, -0.2) is 4.79 Å². The second kappa shape index (κ2) is 2.82. The van der Waals surface area contributed by atoms with E-state index in [2.05, 4.69) is 0 Å². The molecule has 0 radical (unpaired) electrons. The highest BCUT2D eigenvalue weighted by molar-refractivity contribution is 7.10. The van der Waals surface area contributed by atoms with Gasteiger partial charge >= 0.3 is 5.97 Å². The number of carboxylic acids is 1. The fraction of sp³-hybridized carbons (Fsp3) is 0.444. The van der Waals surface area contributed by atoms with Gasteiger partial charge in [0.25, 0.3) is 0 Å². The molecule has 1 heterocycles. The third-order valence-electron chi connectivity index (χ3n) is 2.55. The third kappa shape index (κ3) is 1.17. The maximum Gasteiger partial charge on any atom is 0.329 e. The molecule has 0 spiro atoms. The molecule has 0 aliphatic heterocycles. The summed E-state index contributed by atoms with van der Waals surface area (Å²) in [6, 6.07) is 1.98. The Labute approximate surface area is 80.2 Å². The van der Waals surface area contributed by atoms with Crippen molar-refractivity contribution in [2.75, 3.05) is 0 Å². The lowest BCUT2D eigenvalue weighted by molar-refractivity contribution is -0.144. The fourth-order valence-corrected chi connectivity index (χ4v) is 2.89. The van der Waals surface area contributed by atoms with Crippen LogP contribution in [-0.4, -0.2) is 11.1 Å². The predicted octanol–water partition coefficient (Wildman–Crippen LogP) is 1.32. The largest absolute Gasteiger partial charge is 0.480 e. The van der Waals surface area contributed by atoms with Crippen molar-refractivity contribution in [2.45, 2.75) is 24.8 Å². The number of hydrogen-bond acceptors (Lipinski definition) is 3. The van der Waals surface area contributed by atoms with Gasteiger partial charge in [0, 0.05) is 4.88 Å². The molecule has 0 saturated carbocycles. The van der Waals surface area contributed by atoms with Gasteiger partial charge in [-0.1, -0.05) is 0 Å². The van der Waals surface area contributed by atoms with E-state index in [1.807, 2.05) is 11.4 Å². The lowest BCUT2D eigenvalue weighted by atomic mass is 9.83. The second-order valence-electron chi connectivity index (χ2n) is 3.41. The maximum atomic E-state index is 11.0. The van der Waals surface area contributed by atoms with Crippen LogP contribution in [-0.2, 0) is 16.8 Å². The van der Waals surface area contributed by atoms with Crippen LogP contribution < -0.4 is 5.73 Å². The normalized spacial score (nSPS) is 26.8. The quantitative estimate of drug-likeness (QED) is 0.713. The molecule has 1 unspecified atom stereocenters. The van der Waals surface area contributed by atoms with E-state index in [1.54, 1.807) is 0 Å². The van der Waals surface area contributed by atoms with Crippen molar-refractivity contribution in [1.82, 2.24) is 0 Å². The number of rotatable bonds is 1. The SMILES string of the molecule is NC1(C(=O)O)CCCc2ccsc21. The molecule has 0 fully saturated rings. The minimum Gasteiger partial charge on any atom is -0.480 e. The summed E-state index contributed by atoms with van der Waals surface area (Å²) in [5, 5.41) is 11.0. The van der Waals surface area contributed by atoms with E-state index in [0.29, 0.717) is 6.42 Å². The van der Waals surface area contributed by atoms with Crippen LogP contribution in [0.5, 0.6) is 0 Å². The van der Waals surface area contributed by atoms with Crippen LogP contribution in [0.1, 0.15) is 23.3 Å². The highest BCUT2D eigenvalue weighted by atomic mass is 32.1. The zero-order valence-corrected chi connectivity index (χ0v) is 7.93. The molecule has 70 valence electrons. The van der Waals surface area contributed by atoms with E-state index in [4.69, 9.17) is 10.8 Å². The number of carbonyl (C=O) groups is 1. The van der Waals surface area contributed by atoms with Crippen LogP contribution in [0.25, 0.3) is 0 Å². The van der Waals surface area contributed by atoms with Gasteiger partial charge in [0.15, 0.2) is 0 Å². The smallest absolute Gasteiger partial charge is 0.329 e. The Morgan fingerprint density at radius 2 is 2.46 bits per heavy atom. The van der Waals surface area contributed by atoms with Crippen LogP contribution in [0.4, 0.5) is 0 Å². The molecular formula is C9H11NO2S. The first-order valence-electron chi connectivity index (χ1n) is 4.24. The monoisotopic (exact) mass is 197 g/mol. The molecule has 3 N–H and O–H groups in total. The first-order valence-corrected chi connectivity index (χ1v) is 5.12. The lowest BCUT2D eigenvalue weighted by Gasteiger charge is -2.28. The zero-order chi connectivity index (χ0) is 9.47. The highest BCUT2D eigenvalue weighted by Crippen LogP contribution is 2.37. The second-order valence-corrected chi connectivity index (χ2v) is 4.32. The average Bonchev–Trinajstić information content (AvgIpc) is 2.53. The van der Waals surface area contributed by atoms with Crippen LogP contribution >= 0.6 is 11.3 Å². The molecule has 1 atom stereocenters. The Kier molecular flexibility index (Phi) is 1.89. The zero-order valence-electron chi connectivity index (χ0n) is 7.12. The van der Waals surface area contributed by atoms with Crippen molar-refractivity contribution in [3.63, 3.8) is 0 Å². The van der Waals surface area contributed by atoms with Gasteiger partial charge < -0.3 is 10.8 Å². The Balaban J connectivity index is 2.51. The fourth-order valence-electron chi connectivity index (χ4n) is 1.80. The summed E-state index contributed by atoms with van der Waals surface area (Å²) in [6.45, 7) is 0. The first kappa shape index (κ1) is 8.72. The van der Waals surface area contributed by atoms with Gasteiger partial charge in [-0.3, -0.25) is 0 Å². The summed E-state index contributed by atoms with van der Waals surface area (Å²) >= 11 is 1.45. The number of aliphatic carboxylic acids is 1. The van der Waals surface area contributed by atoms with Crippen LogP contribution in [0.15, 0.2) is 11.4 Å². The number of hydrogen-bond donors (Lipinski definition) is 2. The number of fused-ring (bicyclic) bond motifs is 1. The van der Waals surface area contributed by atoms with Crippen LogP contribution in [0.2, 0.25) is 0 Å². The molecular weight excluding hydrogens is 186 g/mol. The predicted molar refractivity (Wildman–Crippen MR) is 50.8 cm³/mol. The lowest BCUT2D eigenvalue weighted by Crippen LogP contribution is -2.46. The van der Waals surface area contributed by atoms with Crippen molar-refractivity contribution >= 4 is 17.3 Å². The molecule has 0 saturated heterocycles. The Hall–Kier alpha value is -0.870. The molecule has 13 heavy (non-hydrogen) atoms. The number of thiophene rings is 1. The summed E-state index contributed by atoms with van der Waals surface area (Å²) in [4.78, 5) is 11.9. The Morgan fingerprint density at radius 3 is 3.15 bits per heavy atom. The average molecular weight is 197 g/mol. The number of aryl methyl sites for hydroxylation is 1. The minimum absolute atomic E-state index is 0.551. The number of carboxylic acid groups (broad SMARTS) is 1. The van der Waals surface area contributed by atoms with Crippen LogP contribution in [0.3, 0.4) is 0 Å². The molecule has 1 aromatic heterocycles. The van der Waals surface area contributed by atoms with E-state index in [-0.39, 0.29) is 0 Å². The summed E-state index contributed by atoms with van der Waals surface area (Å²) < 4.78 is 0. The van der Waals surface area contributed by atoms with E-state index in [9.17, 15) is 4.79 Å². The van der Waals surface area contributed by atoms with E-state index in [0.717, 1.165) is 23.3 Å². The van der Waals surface area contributed by atoms with Crippen LogP contribution in [0, 0.1) is 0 Å². The first-order chi connectivity index (χ1) is 6.14. The maximum absolute atomic E-state index is 11.0. The minimum atomic E-state index is -1.12. The Morgan fingerprint density at radius 1 is 1.69 bits per heavy atom. The summed E-state index contributed by atoms with van der Waals surface area (Å²) in [5.41, 5.74) is 5.86. The molecule has 4 heteroatoms. The standard InChI is InChI=1S/C9H11NO2S/c10-9(8(11)12)4-1-2-6-3-5-13-7(6)9/h3,5H,1-2,4,10H2,(H,11,12). The van der Waals surface area contributed by atoms with E-state index >= 15 is 0 Å². The van der Waals surface area contributed by atoms with Gasteiger partial charge in [0.2, 0.25) is 0 Å². The van der Waals surface area contributed by atoms with Gasteiger partial charge in [-0.2, -0.15) is 0 Å². The van der Waals surface area contributed by atoms with E-state index < -0.39 is 11.5 Å². The summed E-state index contributed by atoms with van der Waals surface area (Å²) in [5.74, 6) is -0.907. The highest BCUT2D eigenvalue weighted by Gasteiger charge is 2.40. The van der Waals surface area contributed by atoms with Gasteiger partial charge in [0.1, 0.15) is 5.54 Å². The van der Waals surface area contributed by atoms with Gasteiger partial charge in [0.05, 0.1) is 0 Å². The Bertz CT molecular complexity index is 347. The topological polar surface area (TPSA) is 63.3 Å². The summed E-state index contributed by atoms with van der Waals surface area (Å²) in [7, 11) is 0. The van der Waals surface area contributed by atoms with Crippen molar-refractivity contribution in [2.24, 2.45) is 5.73 Å². The van der Waals surface area contributed by atoms with Gasteiger partial charge in [-0.05, 0) is 36.3 Å². The van der Waals surface area contributed by atoms with Crippen molar-refractivity contribution < 1.29 is 9.90 Å². The molecule has 0 bridgehead atoms. The number of nitrogens with two attached hydrogens (primary N) is 1. The molecule has 1 aromatic rings. The van der Waals surface area contributed by atoms with Crippen molar-refractivity contribution in [1.29, 1.82) is 0 Å². The third-order valence-corrected chi connectivity index (χ3v) is 3.69.